The first-order chi connectivity index (χ1) is 11.6. The maximum atomic E-state index is 12.9. The summed E-state index contributed by atoms with van der Waals surface area (Å²) in [5, 5.41) is 4.78. The number of carbonyl (C=O) groups excluding carboxylic acids is 1. The minimum Gasteiger partial charge on any atom is -0.335 e. The molecule has 5 heteroatoms. The third-order valence-corrected chi connectivity index (χ3v) is 6.42. The van der Waals surface area contributed by atoms with E-state index in [1.165, 1.54) is 12.8 Å². The number of benzene rings is 1. The van der Waals surface area contributed by atoms with E-state index in [4.69, 9.17) is 23.2 Å². The Morgan fingerprint density at radius 2 is 1.79 bits per heavy atom. The van der Waals surface area contributed by atoms with Crippen LogP contribution < -0.4 is 5.32 Å². The number of halogens is 2. The summed E-state index contributed by atoms with van der Waals surface area (Å²) >= 11 is 12.1. The molecule has 1 aromatic carbocycles. The molecule has 1 amide bonds. The molecule has 1 aromatic rings. The number of hydrogen-bond acceptors (Lipinski definition) is 2. The van der Waals surface area contributed by atoms with Gasteiger partial charge in [-0.1, -0.05) is 29.3 Å². The van der Waals surface area contributed by atoms with Crippen LogP contribution in [0, 0.1) is 5.92 Å². The molecule has 0 spiro atoms. The second kappa shape index (κ2) is 6.86. The fourth-order valence-corrected chi connectivity index (χ4v) is 4.67. The average molecular weight is 367 g/mol. The SMILES string of the molecule is O=C(CC1CC2CCC(C1)N2)N(Cc1ccc(Cl)c(Cl)c1)C1CC1. The maximum absolute atomic E-state index is 12.9. The first-order valence-corrected chi connectivity index (χ1v) is 9.83. The highest BCUT2D eigenvalue weighted by molar-refractivity contribution is 6.42. The molecule has 1 saturated carbocycles. The van der Waals surface area contributed by atoms with Gasteiger partial charge in [-0.15, -0.1) is 0 Å². The summed E-state index contributed by atoms with van der Waals surface area (Å²) in [6.45, 7) is 0.651. The van der Waals surface area contributed by atoms with E-state index in [2.05, 4.69) is 10.2 Å². The fourth-order valence-electron chi connectivity index (χ4n) is 4.35. The van der Waals surface area contributed by atoms with Gasteiger partial charge in [-0.05, 0) is 62.1 Å². The van der Waals surface area contributed by atoms with Crippen molar-refractivity contribution in [3.05, 3.63) is 33.8 Å². The Morgan fingerprint density at radius 1 is 1.08 bits per heavy atom. The van der Waals surface area contributed by atoms with E-state index < -0.39 is 0 Å². The van der Waals surface area contributed by atoms with Gasteiger partial charge in [-0.25, -0.2) is 0 Å². The average Bonchev–Trinajstić information content (AvgIpc) is 3.33. The molecule has 1 aliphatic carbocycles. The first-order valence-electron chi connectivity index (χ1n) is 9.08. The molecule has 130 valence electrons. The molecule has 24 heavy (non-hydrogen) atoms. The Kier molecular flexibility index (Phi) is 4.77. The lowest BCUT2D eigenvalue weighted by Crippen LogP contribution is -2.40. The van der Waals surface area contributed by atoms with Gasteiger partial charge in [0, 0.05) is 31.1 Å². The topological polar surface area (TPSA) is 32.3 Å². The van der Waals surface area contributed by atoms with Crippen molar-refractivity contribution < 1.29 is 4.79 Å². The molecular formula is C19H24Cl2N2O. The highest BCUT2D eigenvalue weighted by atomic mass is 35.5. The van der Waals surface area contributed by atoms with Crippen LogP contribution >= 0.6 is 23.2 Å². The van der Waals surface area contributed by atoms with E-state index in [0.717, 1.165) is 31.2 Å². The number of hydrogen-bond donors (Lipinski definition) is 1. The van der Waals surface area contributed by atoms with E-state index >= 15 is 0 Å². The Balaban J connectivity index is 1.41. The van der Waals surface area contributed by atoms with E-state index in [-0.39, 0.29) is 0 Å². The second-order valence-electron chi connectivity index (χ2n) is 7.68. The number of amides is 1. The molecule has 0 aromatic heterocycles. The second-order valence-corrected chi connectivity index (χ2v) is 8.50. The standard InChI is InChI=1S/C19H24Cl2N2O/c20-17-6-1-12(9-18(17)21)11-23(16-4-5-16)19(24)10-13-7-14-2-3-15(8-13)22-14/h1,6,9,13-16,22H,2-5,7-8,10-11H2. The zero-order valence-electron chi connectivity index (χ0n) is 13.8. The van der Waals surface area contributed by atoms with E-state index in [0.29, 0.717) is 53.0 Å². The van der Waals surface area contributed by atoms with Crippen LogP contribution in [0.5, 0.6) is 0 Å². The van der Waals surface area contributed by atoms with Crippen LogP contribution in [0.1, 0.15) is 50.5 Å². The predicted molar refractivity (Wildman–Crippen MR) is 97.3 cm³/mol. The quantitative estimate of drug-likeness (QED) is 0.836. The van der Waals surface area contributed by atoms with Crippen molar-refractivity contribution in [3.8, 4) is 0 Å². The zero-order valence-corrected chi connectivity index (χ0v) is 15.3. The van der Waals surface area contributed by atoms with E-state index in [1.54, 1.807) is 0 Å². The van der Waals surface area contributed by atoms with Crippen molar-refractivity contribution in [3.63, 3.8) is 0 Å². The number of nitrogens with one attached hydrogen (secondary N) is 1. The van der Waals surface area contributed by atoms with Crippen molar-refractivity contribution in [2.45, 2.75) is 69.6 Å². The third-order valence-electron chi connectivity index (χ3n) is 5.68. The summed E-state index contributed by atoms with van der Waals surface area (Å²) in [4.78, 5) is 15.0. The molecule has 0 radical (unpaired) electrons. The van der Waals surface area contributed by atoms with Crippen molar-refractivity contribution >= 4 is 29.1 Å². The molecule has 2 atom stereocenters. The van der Waals surface area contributed by atoms with E-state index in [1.807, 2.05) is 18.2 Å². The van der Waals surface area contributed by atoms with E-state index in [9.17, 15) is 4.79 Å². The summed E-state index contributed by atoms with van der Waals surface area (Å²) in [7, 11) is 0. The first kappa shape index (κ1) is 16.7. The molecule has 3 fully saturated rings. The van der Waals surface area contributed by atoms with Gasteiger partial charge < -0.3 is 10.2 Å². The van der Waals surface area contributed by atoms with Gasteiger partial charge in [0.15, 0.2) is 0 Å². The maximum Gasteiger partial charge on any atom is 0.223 e. The highest BCUT2D eigenvalue weighted by Crippen LogP contribution is 2.35. The normalized spacial score (nSPS) is 28.8. The number of fused-ring (bicyclic) bond motifs is 2. The minimum atomic E-state index is 0.315. The van der Waals surface area contributed by atoms with Gasteiger partial charge in [-0.3, -0.25) is 4.79 Å². The predicted octanol–water partition coefficient (Wildman–Crippen LogP) is 4.41. The molecule has 2 heterocycles. The summed E-state index contributed by atoms with van der Waals surface area (Å²) in [5.74, 6) is 0.862. The van der Waals surface area contributed by atoms with Crippen LogP contribution in [0.4, 0.5) is 0 Å². The van der Waals surface area contributed by atoms with Crippen molar-refractivity contribution in [2.24, 2.45) is 5.92 Å². The Labute approximate surface area is 153 Å². The molecule has 2 unspecified atom stereocenters. The molecule has 2 bridgehead atoms. The zero-order chi connectivity index (χ0) is 16.7. The van der Waals surface area contributed by atoms with Crippen LogP contribution in [0.2, 0.25) is 10.0 Å². The van der Waals surface area contributed by atoms with Gasteiger partial charge in [0.25, 0.3) is 0 Å². The molecule has 3 aliphatic rings. The lowest BCUT2D eigenvalue weighted by molar-refractivity contribution is -0.133. The third kappa shape index (κ3) is 3.74. The highest BCUT2D eigenvalue weighted by Gasteiger charge is 2.37. The minimum absolute atomic E-state index is 0.315. The van der Waals surface area contributed by atoms with Gasteiger partial charge >= 0.3 is 0 Å². The molecule has 3 nitrogen and oxygen atoms in total. The van der Waals surface area contributed by atoms with Crippen molar-refractivity contribution in [1.82, 2.24) is 10.2 Å². The van der Waals surface area contributed by atoms with Crippen molar-refractivity contribution in [1.29, 1.82) is 0 Å². The molecule has 4 rings (SSSR count). The van der Waals surface area contributed by atoms with Gasteiger partial charge in [0.1, 0.15) is 0 Å². The summed E-state index contributed by atoms with van der Waals surface area (Å²) in [5.41, 5.74) is 1.06. The van der Waals surface area contributed by atoms with Gasteiger partial charge in [-0.2, -0.15) is 0 Å². The van der Waals surface area contributed by atoms with Crippen LogP contribution in [0.25, 0.3) is 0 Å². The lowest BCUT2D eigenvalue weighted by Gasteiger charge is -2.31. The number of piperidine rings is 1. The monoisotopic (exact) mass is 366 g/mol. The Morgan fingerprint density at radius 3 is 2.42 bits per heavy atom. The molecule has 2 aliphatic heterocycles. The summed E-state index contributed by atoms with van der Waals surface area (Å²) in [6.07, 6.45) is 7.85. The van der Waals surface area contributed by atoms with Crippen molar-refractivity contribution in [2.75, 3.05) is 0 Å². The number of carbonyl (C=O) groups is 1. The Bertz CT molecular complexity index is 620. The van der Waals surface area contributed by atoms with Gasteiger partial charge in [0.05, 0.1) is 10.0 Å². The summed E-state index contributed by atoms with van der Waals surface area (Å²) in [6, 6.07) is 7.39. The van der Waals surface area contributed by atoms with Crippen LogP contribution in [0.3, 0.4) is 0 Å². The lowest BCUT2D eigenvalue weighted by atomic mass is 9.89. The Hall–Kier alpha value is -0.770. The number of nitrogens with zero attached hydrogens (tertiary/aromatic N) is 1. The van der Waals surface area contributed by atoms with Crippen LogP contribution in [0.15, 0.2) is 18.2 Å². The van der Waals surface area contributed by atoms with Crippen LogP contribution in [-0.2, 0) is 11.3 Å². The van der Waals surface area contributed by atoms with Crippen LogP contribution in [-0.4, -0.2) is 28.9 Å². The molecular weight excluding hydrogens is 343 g/mol. The molecule has 2 saturated heterocycles. The van der Waals surface area contributed by atoms with Gasteiger partial charge in [0.2, 0.25) is 5.91 Å². The molecule has 1 N–H and O–H groups in total. The number of rotatable bonds is 5. The largest absolute Gasteiger partial charge is 0.335 e. The summed E-state index contributed by atoms with van der Waals surface area (Å²) < 4.78 is 0. The fraction of sp³-hybridized carbons (Fsp3) is 0.632. The smallest absolute Gasteiger partial charge is 0.223 e.